The fourth-order valence-electron chi connectivity index (χ4n) is 1.25. The molecule has 14 heavy (non-hydrogen) atoms. The van der Waals surface area contributed by atoms with E-state index in [4.69, 9.17) is 4.74 Å². The van der Waals surface area contributed by atoms with Crippen LogP contribution in [0.4, 0.5) is 0 Å². The fraction of sp³-hybridized carbons (Fsp3) is 0.500. The Labute approximate surface area is 96.4 Å². The van der Waals surface area contributed by atoms with Crippen molar-refractivity contribution in [1.82, 2.24) is 0 Å². The van der Waals surface area contributed by atoms with Crippen LogP contribution in [-0.4, -0.2) is 19.5 Å². The van der Waals surface area contributed by atoms with Crippen molar-refractivity contribution < 1.29 is 9.53 Å². The molecule has 1 rings (SSSR count). The van der Waals surface area contributed by atoms with E-state index in [-0.39, 0.29) is 11.7 Å². The first-order chi connectivity index (χ1) is 6.65. The minimum atomic E-state index is 0.191. The third-order valence-electron chi connectivity index (χ3n) is 1.86. The number of Topliss-reactive ketones (excluding diaryl/α,β-unsaturated/α-hetero) is 1. The van der Waals surface area contributed by atoms with Gasteiger partial charge in [0.1, 0.15) is 0 Å². The highest BCUT2D eigenvalue weighted by molar-refractivity contribution is 9.10. The molecule has 0 aliphatic heterocycles. The zero-order valence-electron chi connectivity index (χ0n) is 8.25. The molecule has 0 N–H and O–H groups in total. The molecule has 0 aliphatic carbocycles. The molecule has 0 aromatic carbocycles. The molecule has 2 nitrogen and oxygen atoms in total. The minimum absolute atomic E-state index is 0.191. The summed E-state index contributed by atoms with van der Waals surface area (Å²) in [6.07, 6.45) is 0.549. The van der Waals surface area contributed by atoms with E-state index in [0.717, 1.165) is 9.35 Å². The predicted molar refractivity (Wildman–Crippen MR) is 62.0 cm³/mol. The molecule has 0 bridgehead atoms. The molecule has 4 heteroatoms. The maximum Gasteiger partial charge on any atom is 0.174 e. The van der Waals surface area contributed by atoms with Gasteiger partial charge in [-0.2, -0.15) is 0 Å². The zero-order chi connectivity index (χ0) is 10.6. The van der Waals surface area contributed by atoms with Gasteiger partial charge in [-0.05, 0) is 33.3 Å². The lowest BCUT2D eigenvalue weighted by Gasteiger charge is -2.07. The van der Waals surface area contributed by atoms with Crippen LogP contribution < -0.4 is 0 Å². The molecule has 78 valence electrons. The highest BCUT2D eigenvalue weighted by Gasteiger charge is 2.14. The molecule has 1 aromatic rings. The average Bonchev–Trinajstić information content (AvgIpc) is 2.51. The summed E-state index contributed by atoms with van der Waals surface area (Å²) < 4.78 is 5.89. The fourth-order valence-corrected chi connectivity index (χ4v) is 2.79. The van der Waals surface area contributed by atoms with E-state index in [2.05, 4.69) is 15.9 Å². The molecule has 1 unspecified atom stereocenters. The SMILES string of the molecule is COCC(C)CC(=O)c1sccc1Br. The number of rotatable bonds is 5. The zero-order valence-corrected chi connectivity index (χ0v) is 10.7. The van der Waals surface area contributed by atoms with Crippen molar-refractivity contribution in [2.75, 3.05) is 13.7 Å². The summed E-state index contributed by atoms with van der Waals surface area (Å²) in [6, 6.07) is 1.90. The van der Waals surface area contributed by atoms with Gasteiger partial charge >= 0.3 is 0 Å². The van der Waals surface area contributed by atoms with Gasteiger partial charge < -0.3 is 4.74 Å². The molecule has 1 aromatic heterocycles. The third kappa shape index (κ3) is 3.19. The number of ether oxygens (including phenoxy) is 1. The molecule has 1 atom stereocenters. The second kappa shape index (κ2) is 5.63. The summed E-state index contributed by atoms with van der Waals surface area (Å²) in [6.45, 7) is 2.65. The van der Waals surface area contributed by atoms with Crippen molar-refractivity contribution in [1.29, 1.82) is 0 Å². The van der Waals surface area contributed by atoms with Gasteiger partial charge in [0.25, 0.3) is 0 Å². The van der Waals surface area contributed by atoms with E-state index >= 15 is 0 Å². The summed E-state index contributed by atoms with van der Waals surface area (Å²) >= 11 is 4.83. The van der Waals surface area contributed by atoms with Gasteiger partial charge in [-0.1, -0.05) is 6.92 Å². The van der Waals surface area contributed by atoms with Crippen molar-refractivity contribution in [2.45, 2.75) is 13.3 Å². The van der Waals surface area contributed by atoms with Crippen LogP contribution in [-0.2, 0) is 4.74 Å². The average molecular weight is 277 g/mol. The quantitative estimate of drug-likeness (QED) is 0.771. The Balaban J connectivity index is 2.55. The lowest BCUT2D eigenvalue weighted by molar-refractivity contribution is 0.0923. The van der Waals surface area contributed by atoms with Gasteiger partial charge in [-0.15, -0.1) is 11.3 Å². The van der Waals surface area contributed by atoms with Crippen LogP contribution in [0.3, 0.4) is 0 Å². The molecule has 0 fully saturated rings. The molecular formula is C10H13BrO2S. The number of hydrogen-bond donors (Lipinski definition) is 0. The summed E-state index contributed by atoms with van der Waals surface area (Å²) in [4.78, 5) is 12.5. The number of methoxy groups -OCH3 is 1. The van der Waals surface area contributed by atoms with Gasteiger partial charge in [0.15, 0.2) is 5.78 Å². The van der Waals surface area contributed by atoms with Crippen LogP contribution in [0.25, 0.3) is 0 Å². The van der Waals surface area contributed by atoms with Gasteiger partial charge in [-0.3, -0.25) is 4.79 Å². The second-order valence-corrected chi connectivity index (χ2v) is 5.06. The summed E-state index contributed by atoms with van der Waals surface area (Å²) in [5.41, 5.74) is 0. The van der Waals surface area contributed by atoms with Crippen molar-refractivity contribution >= 4 is 33.0 Å². The molecule has 0 saturated carbocycles. The van der Waals surface area contributed by atoms with Crippen LogP contribution in [0.5, 0.6) is 0 Å². The number of carbonyl (C=O) groups excluding carboxylic acids is 1. The summed E-state index contributed by atoms with van der Waals surface area (Å²) in [5.74, 6) is 0.470. The molecular weight excluding hydrogens is 264 g/mol. The molecule has 0 radical (unpaired) electrons. The van der Waals surface area contributed by atoms with E-state index in [9.17, 15) is 4.79 Å². The van der Waals surface area contributed by atoms with Crippen LogP contribution in [0.2, 0.25) is 0 Å². The lowest BCUT2D eigenvalue weighted by Crippen LogP contribution is -2.10. The Kier molecular flexibility index (Phi) is 4.78. The Morgan fingerprint density at radius 1 is 1.71 bits per heavy atom. The Morgan fingerprint density at radius 3 is 2.93 bits per heavy atom. The first kappa shape index (κ1) is 11.9. The largest absolute Gasteiger partial charge is 0.384 e. The number of hydrogen-bond acceptors (Lipinski definition) is 3. The second-order valence-electron chi connectivity index (χ2n) is 3.29. The molecule has 0 amide bonds. The maximum absolute atomic E-state index is 11.7. The maximum atomic E-state index is 11.7. The van der Waals surface area contributed by atoms with E-state index in [1.165, 1.54) is 11.3 Å². The van der Waals surface area contributed by atoms with Crippen LogP contribution >= 0.6 is 27.3 Å². The molecule has 0 spiro atoms. The first-order valence-corrected chi connectivity index (χ1v) is 6.07. The van der Waals surface area contributed by atoms with Crippen molar-refractivity contribution in [3.8, 4) is 0 Å². The number of thiophene rings is 1. The van der Waals surface area contributed by atoms with Crippen molar-refractivity contribution in [2.24, 2.45) is 5.92 Å². The smallest absolute Gasteiger partial charge is 0.174 e. The van der Waals surface area contributed by atoms with Crippen LogP contribution in [0.1, 0.15) is 23.0 Å². The third-order valence-corrected chi connectivity index (χ3v) is 3.73. The van der Waals surface area contributed by atoms with E-state index in [1.54, 1.807) is 7.11 Å². The minimum Gasteiger partial charge on any atom is -0.384 e. The summed E-state index contributed by atoms with van der Waals surface area (Å²) in [5, 5.41) is 1.91. The molecule has 1 heterocycles. The number of ketones is 1. The van der Waals surface area contributed by atoms with Crippen LogP contribution in [0, 0.1) is 5.92 Å². The van der Waals surface area contributed by atoms with Crippen LogP contribution in [0.15, 0.2) is 15.9 Å². The Morgan fingerprint density at radius 2 is 2.43 bits per heavy atom. The van der Waals surface area contributed by atoms with E-state index in [1.807, 2.05) is 18.4 Å². The van der Waals surface area contributed by atoms with Gasteiger partial charge in [0.2, 0.25) is 0 Å². The number of halogens is 1. The monoisotopic (exact) mass is 276 g/mol. The Bertz CT molecular complexity index is 309. The number of carbonyl (C=O) groups is 1. The first-order valence-electron chi connectivity index (χ1n) is 4.40. The van der Waals surface area contributed by atoms with Crippen molar-refractivity contribution in [3.63, 3.8) is 0 Å². The standard InChI is InChI=1S/C10H13BrO2S/c1-7(6-13-2)5-9(12)10-8(11)3-4-14-10/h3-4,7H,5-6H2,1-2H3. The van der Waals surface area contributed by atoms with E-state index in [0.29, 0.717) is 13.0 Å². The van der Waals surface area contributed by atoms with Gasteiger partial charge in [0, 0.05) is 24.6 Å². The van der Waals surface area contributed by atoms with Crippen molar-refractivity contribution in [3.05, 3.63) is 20.8 Å². The van der Waals surface area contributed by atoms with E-state index < -0.39 is 0 Å². The highest BCUT2D eigenvalue weighted by Crippen LogP contribution is 2.25. The lowest BCUT2D eigenvalue weighted by atomic mass is 10.1. The normalized spacial score (nSPS) is 12.8. The molecule has 0 saturated heterocycles. The molecule has 0 aliphatic rings. The highest BCUT2D eigenvalue weighted by atomic mass is 79.9. The topological polar surface area (TPSA) is 26.3 Å². The predicted octanol–water partition coefficient (Wildman–Crippen LogP) is 3.37. The van der Waals surface area contributed by atoms with Gasteiger partial charge in [-0.25, -0.2) is 0 Å². The summed E-state index contributed by atoms with van der Waals surface area (Å²) in [7, 11) is 1.65. The van der Waals surface area contributed by atoms with Gasteiger partial charge in [0.05, 0.1) is 4.88 Å². The Hall–Kier alpha value is -0.190.